The Morgan fingerprint density at radius 3 is 2.93 bits per heavy atom. The maximum atomic E-state index is 12.9. The highest BCUT2D eigenvalue weighted by molar-refractivity contribution is 5.92. The van der Waals surface area contributed by atoms with Crippen molar-refractivity contribution < 1.29 is 9.53 Å². The van der Waals surface area contributed by atoms with E-state index in [0.717, 1.165) is 31.4 Å². The molecule has 0 saturated carbocycles. The molecule has 3 aromatic rings. The molecule has 0 unspecified atom stereocenters. The van der Waals surface area contributed by atoms with Crippen LogP contribution in [0.5, 0.6) is 0 Å². The zero-order chi connectivity index (χ0) is 18.6. The molecule has 140 valence electrons. The second-order valence-corrected chi connectivity index (χ2v) is 7.04. The Labute approximate surface area is 158 Å². The van der Waals surface area contributed by atoms with Crippen LogP contribution >= 0.6 is 0 Å². The Kier molecular flexibility index (Phi) is 5.16. The van der Waals surface area contributed by atoms with E-state index < -0.39 is 0 Å². The first kappa shape index (κ1) is 17.7. The molecule has 1 aliphatic rings. The van der Waals surface area contributed by atoms with Gasteiger partial charge in [0.25, 0.3) is 5.91 Å². The molecule has 1 saturated heterocycles. The Bertz CT molecular complexity index is 929. The first-order valence-corrected chi connectivity index (χ1v) is 9.43. The molecule has 1 aliphatic heterocycles. The van der Waals surface area contributed by atoms with E-state index in [0.29, 0.717) is 18.8 Å². The highest BCUT2D eigenvalue weighted by Gasteiger charge is 2.29. The summed E-state index contributed by atoms with van der Waals surface area (Å²) in [6, 6.07) is 14.6. The normalized spacial score (nSPS) is 17.4. The van der Waals surface area contributed by atoms with Gasteiger partial charge in [0.1, 0.15) is 0 Å². The predicted octanol–water partition coefficient (Wildman–Crippen LogP) is 3.12. The number of nitrogens with zero attached hydrogens (tertiary/aromatic N) is 4. The molecule has 0 bridgehead atoms. The van der Waals surface area contributed by atoms with Crippen LogP contribution in [-0.4, -0.2) is 52.1 Å². The van der Waals surface area contributed by atoms with E-state index in [4.69, 9.17) is 4.74 Å². The van der Waals surface area contributed by atoms with Gasteiger partial charge in [-0.15, -0.1) is 5.10 Å². The Morgan fingerprint density at radius 2 is 2.04 bits per heavy atom. The van der Waals surface area contributed by atoms with Gasteiger partial charge in [0.2, 0.25) is 0 Å². The second kappa shape index (κ2) is 7.88. The van der Waals surface area contributed by atoms with Crippen LogP contribution in [0.2, 0.25) is 0 Å². The number of rotatable bonds is 5. The summed E-state index contributed by atoms with van der Waals surface area (Å²) < 4.78 is 7.03. The monoisotopic (exact) mass is 364 g/mol. The molecule has 0 aliphatic carbocycles. The molecule has 27 heavy (non-hydrogen) atoms. The van der Waals surface area contributed by atoms with E-state index >= 15 is 0 Å². The van der Waals surface area contributed by atoms with Crippen LogP contribution in [0.3, 0.4) is 0 Å². The van der Waals surface area contributed by atoms with E-state index in [1.165, 1.54) is 10.8 Å². The fourth-order valence-corrected chi connectivity index (χ4v) is 3.86. The van der Waals surface area contributed by atoms with Gasteiger partial charge in [-0.05, 0) is 35.6 Å². The average Bonchev–Trinajstić information content (AvgIpc) is 3.17. The van der Waals surface area contributed by atoms with Gasteiger partial charge in [-0.1, -0.05) is 47.7 Å². The lowest BCUT2D eigenvalue weighted by Gasteiger charge is -2.34. The second-order valence-electron chi connectivity index (χ2n) is 7.04. The van der Waals surface area contributed by atoms with Gasteiger partial charge >= 0.3 is 0 Å². The highest BCUT2D eigenvalue weighted by atomic mass is 16.5. The molecular formula is C21H24N4O2. The minimum absolute atomic E-state index is 0.0547. The number of aromatic nitrogens is 3. The molecule has 6 nitrogen and oxygen atoms in total. The lowest BCUT2D eigenvalue weighted by atomic mass is 10.0. The number of fused-ring (bicyclic) bond motifs is 1. The Hall–Kier alpha value is -2.73. The molecule has 0 N–H and O–H groups in total. The zero-order valence-electron chi connectivity index (χ0n) is 15.5. The maximum absolute atomic E-state index is 12.9. The van der Waals surface area contributed by atoms with Crippen LogP contribution in [0.1, 0.15) is 35.3 Å². The molecule has 1 atom stereocenters. The van der Waals surface area contributed by atoms with Crippen molar-refractivity contribution in [2.45, 2.75) is 31.8 Å². The lowest BCUT2D eigenvalue weighted by Crippen LogP contribution is -2.46. The summed E-state index contributed by atoms with van der Waals surface area (Å²) in [6.45, 7) is 1.90. The highest BCUT2D eigenvalue weighted by Crippen LogP contribution is 2.21. The summed E-state index contributed by atoms with van der Waals surface area (Å²) in [5.41, 5.74) is 1.56. The summed E-state index contributed by atoms with van der Waals surface area (Å²) in [4.78, 5) is 14.8. The molecular weight excluding hydrogens is 340 g/mol. The zero-order valence-corrected chi connectivity index (χ0v) is 15.5. The van der Waals surface area contributed by atoms with Gasteiger partial charge in [-0.3, -0.25) is 4.79 Å². The number of benzene rings is 2. The molecule has 2 aromatic carbocycles. The molecule has 2 heterocycles. The number of carbonyl (C=O) groups is 1. The number of piperidine rings is 1. The van der Waals surface area contributed by atoms with Crippen LogP contribution < -0.4 is 0 Å². The summed E-state index contributed by atoms with van der Waals surface area (Å²) in [6.07, 6.45) is 4.88. The van der Waals surface area contributed by atoms with Crippen LogP contribution in [-0.2, 0) is 11.3 Å². The minimum Gasteiger partial charge on any atom is -0.383 e. The minimum atomic E-state index is -0.0547. The van der Waals surface area contributed by atoms with Crippen molar-refractivity contribution in [3.8, 4) is 0 Å². The molecule has 1 fully saturated rings. The number of carbonyl (C=O) groups excluding carboxylic acids is 1. The van der Waals surface area contributed by atoms with E-state index in [2.05, 4.69) is 34.6 Å². The quantitative estimate of drug-likeness (QED) is 0.698. The third kappa shape index (κ3) is 3.71. The van der Waals surface area contributed by atoms with E-state index in [-0.39, 0.29) is 11.9 Å². The third-order valence-electron chi connectivity index (χ3n) is 5.22. The number of amides is 1. The van der Waals surface area contributed by atoms with Crippen LogP contribution in [0.15, 0.2) is 48.7 Å². The molecule has 4 rings (SSSR count). The van der Waals surface area contributed by atoms with Crippen molar-refractivity contribution in [3.63, 3.8) is 0 Å². The van der Waals surface area contributed by atoms with Gasteiger partial charge in [-0.2, -0.15) is 0 Å². The van der Waals surface area contributed by atoms with Crippen LogP contribution in [0.25, 0.3) is 10.8 Å². The van der Waals surface area contributed by atoms with Crippen molar-refractivity contribution in [3.05, 3.63) is 59.9 Å². The smallest absolute Gasteiger partial charge is 0.276 e. The maximum Gasteiger partial charge on any atom is 0.276 e. The number of hydrogen-bond donors (Lipinski definition) is 0. The Balaban J connectivity index is 1.53. The fraction of sp³-hybridized carbons (Fsp3) is 0.381. The number of ether oxygens (including phenoxy) is 1. The molecule has 0 radical (unpaired) electrons. The molecule has 6 heteroatoms. The van der Waals surface area contributed by atoms with Crippen molar-refractivity contribution in [2.75, 3.05) is 20.3 Å². The Morgan fingerprint density at radius 1 is 1.19 bits per heavy atom. The summed E-state index contributed by atoms with van der Waals surface area (Å²) >= 11 is 0. The number of likely N-dealkylation sites (tertiary alicyclic amines) is 1. The summed E-state index contributed by atoms with van der Waals surface area (Å²) in [5.74, 6) is -0.0547. The SMILES string of the molecule is COC[C@H]1CCCCN1C(=O)c1cn(Cc2cccc3ccccc23)nn1. The van der Waals surface area contributed by atoms with Crippen LogP contribution in [0, 0.1) is 0 Å². The summed E-state index contributed by atoms with van der Waals surface area (Å²) in [7, 11) is 1.68. The lowest BCUT2D eigenvalue weighted by molar-refractivity contribution is 0.0423. The fourth-order valence-electron chi connectivity index (χ4n) is 3.86. The van der Waals surface area contributed by atoms with Gasteiger partial charge in [0, 0.05) is 13.7 Å². The van der Waals surface area contributed by atoms with Gasteiger partial charge in [-0.25, -0.2) is 4.68 Å². The molecule has 0 spiro atoms. The largest absolute Gasteiger partial charge is 0.383 e. The van der Waals surface area contributed by atoms with Crippen LogP contribution in [0.4, 0.5) is 0 Å². The van der Waals surface area contributed by atoms with Crippen molar-refractivity contribution >= 4 is 16.7 Å². The first-order valence-electron chi connectivity index (χ1n) is 9.43. The van der Waals surface area contributed by atoms with Crippen molar-refractivity contribution in [1.82, 2.24) is 19.9 Å². The summed E-state index contributed by atoms with van der Waals surface area (Å²) in [5, 5.41) is 10.7. The number of hydrogen-bond acceptors (Lipinski definition) is 4. The van der Waals surface area contributed by atoms with E-state index in [9.17, 15) is 4.79 Å². The first-order chi connectivity index (χ1) is 13.3. The third-order valence-corrected chi connectivity index (χ3v) is 5.22. The molecule has 1 amide bonds. The van der Waals surface area contributed by atoms with E-state index in [1.807, 2.05) is 23.1 Å². The average molecular weight is 364 g/mol. The van der Waals surface area contributed by atoms with Crippen molar-refractivity contribution in [1.29, 1.82) is 0 Å². The molecule has 1 aromatic heterocycles. The number of methoxy groups -OCH3 is 1. The van der Waals surface area contributed by atoms with E-state index in [1.54, 1.807) is 18.0 Å². The van der Waals surface area contributed by atoms with Crippen molar-refractivity contribution in [2.24, 2.45) is 0 Å². The predicted molar refractivity (Wildman–Crippen MR) is 104 cm³/mol. The van der Waals surface area contributed by atoms with Gasteiger partial charge in [0.15, 0.2) is 5.69 Å². The standard InChI is InChI=1S/C21H24N4O2/c1-27-15-18-10-4-5-12-25(18)21(26)20-14-24(23-22-20)13-17-9-6-8-16-7-2-3-11-19(16)17/h2-3,6-9,11,14,18H,4-5,10,12-13,15H2,1H3/t18-/m1/s1. The topological polar surface area (TPSA) is 60.2 Å². The van der Waals surface area contributed by atoms with Gasteiger partial charge in [0.05, 0.1) is 25.4 Å². The van der Waals surface area contributed by atoms with Gasteiger partial charge < -0.3 is 9.64 Å².